The normalized spacial score (nSPS) is 15.1. The molecule has 74 valence electrons. The highest BCUT2D eigenvalue weighted by molar-refractivity contribution is 5.82. The molecule has 0 saturated carbocycles. The van der Waals surface area contributed by atoms with Crippen LogP contribution in [0.1, 0.15) is 5.56 Å². The standard InChI is InChI=1S/C10H13N3O/c11-14-7-9-3-1-2-4-10(9)13-6-5-12-8-13/h1-4,8H,5-7,11H2. The summed E-state index contributed by atoms with van der Waals surface area (Å²) in [6.07, 6.45) is 1.86. The Morgan fingerprint density at radius 1 is 1.43 bits per heavy atom. The monoisotopic (exact) mass is 191 g/mol. The molecule has 14 heavy (non-hydrogen) atoms. The summed E-state index contributed by atoms with van der Waals surface area (Å²) < 4.78 is 0. The summed E-state index contributed by atoms with van der Waals surface area (Å²) in [7, 11) is 0. The van der Waals surface area contributed by atoms with E-state index in [1.54, 1.807) is 0 Å². The molecule has 0 bridgehead atoms. The molecule has 0 atom stereocenters. The van der Waals surface area contributed by atoms with Crippen molar-refractivity contribution in [1.29, 1.82) is 0 Å². The van der Waals surface area contributed by atoms with Gasteiger partial charge in [-0.1, -0.05) is 18.2 Å². The molecule has 4 heteroatoms. The van der Waals surface area contributed by atoms with Crippen LogP contribution in [0.15, 0.2) is 29.3 Å². The van der Waals surface area contributed by atoms with Crippen molar-refractivity contribution in [3.8, 4) is 0 Å². The van der Waals surface area contributed by atoms with Crippen LogP contribution in [0.25, 0.3) is 0 Å². The number of rotatable bonds is 3. The molecule has 0 unspecified atom stereocenters. The Kier molecular flexibility index (Phi) is 2.76. The van der Waals surface area contributed by atoms with Crippen LogP contribution in [0, 0.1) is 0 Å². The number of hydrogen-bond donors (Lipinski definition) is 1. The van der Waals surface area contributed by atoms with Crippen LogP contribution < -0.4 is 10.8 Å². The lowest BCUT2D eigenvalue weighted by molar-refractivity contribution is 0.124. The Morgan fingerprint density at radius 3 is 3.00 bits per heavy atom. The zero-order valence-electron chi connectivity index (χ0n) is 7.89. The first-order valence-corrected chi connectivity index (χ1v) is 4.58. The molecule has 1 aliphatic rings. The third kappa shape index (κ3) is 1.76. The second-order valence-electron chi connectivity index (χ2n) is 3.15. The van der Waals surface area contributed by atoms with Crippen molar-refractivity contribution < 1.29 is 4.84 Å². The lowest BCUT2D eigenvalue weighted by Gasteiger charge is -2.17. The van der Waals surface area contributed by atoms with Crippen LogP contribution in [0.2, 0.25) is 0 Å². The van der Waals surface area contributed by atoms with Crippen LogP contribution >= 0.6 is 0 Å². The average Bonchev–Trinajstić information content (AvgIpc) is 2.72. The quantitative estimate of drug-likeness (QED) is 0.723. The topological polar surface area (TPSA) is 50.9 Å². The minimum absolute atomic E-state index is 0.431. The minimum Gasteiger partial charge on any atom is -0.331 e. The molecule has 0 aromatic heterocycles. The maximum Gasteiger partial charge on any atom is 0.0950 e. The van der Waals surface area contributed by atoms with Crippen molar-refractivity contribution in [2.45, 2.75) is 6.61 Å². The summed E-state index contributed by atoms with van der Waals surface area (Å²) in [6.45, 7) is 2.22. The van der Waals surface area contributed by atoms with E-state index in [0.717, 1.165) is 24.3 Å². The first-order chi connectivity index (χ1) is 6.92. The van der Waals surface area contributed by atoms with Crippen LogP contribution in [-0.4, -0.2) is 19.4 Å². The number of nitrogens with two attached hydrogens (primary N) is 1. The Balaban J connectivity index is 2.26. The fraction of sp³-hybridized carbons (Fsp3) is 0.300. The third-order valence-corrected chi connectivity index (χ3v) is 2.23. The molecule has 0 spiro atoms. The van der Waals surface area contributed by atoms with E-state index in [2.05, 4.69) is 14.7 Å². The molecule has 0 aliphatic carbocycles. The van der Waals surface area contributed by atoms with Crippen molar-refractivity contribution in [3.05, 3.63) is 29.8 Å². The number of hydrogen-bond acceptors (Lipinski definition) is 4. The maximum absolute atomic E-state index is 5.08. The molecular weight excluding hydrogens is 178 g/mol. The van der Waals surface area contributed by atoms with Gasteiger partial charge in [-0.05, 0) is 6.07 Å². The van der Waals surface area contributed by atoms with Gasteiger partial charge < -0.3 is 4.90 Å². The van der Waals surface area contributed by atoms with E-state index in [9.17, 15) is 0 Å². The lowest BCUT2D eigenvalue weighted by Crippen LogP contribution is -2.20. The Labute approximate surface area is 82.9 Å². The fourth-order valence-electron chi connectivity index (χ4n) is 1.57. The first kappa shape index (κ1) is 9.18. The molecule has 1 heterocycles. The van der Waals surface area contributed by atoms with Crippen molar-refractivity contribution in [3.63, 3.8) is 0 Å². The fourth-order valence-corrected chi connectivity index (χ4v) is 1.57. The summed E-state index contributed by atoms with van der Waals surface area (Å²) in [5.41, 5.74) is 2.21. The van der Waals surface area contributed by atoms with E-state index in [4.69, 9.17) is 5.90 Å². The smallest absolute Gasteiger partial charge is 0.0950 e. The van der Waals surface area contributed by atoms with Gasteiger partial charge in [-0.2, -0.15) is 0 Å². The Hall–Kier alpha value is -1.39. The van der Waals surface area contributed by atoms with Crippen LogP contribution in [0.4, 0.5) is 5.69 Å². The van der Waals surface area contributed by atoms with Crippen molar-refractivity contribution in [2.75, 3.05) is 18.0 Å². The van der Waals surface area contributed by atoms with Crippen LogP contribution in [0.3, 0.4) is 0 Å². The van der Waals surface area contributed by atoms with Crippen molar-refractivity contribution in [2.24, 2.45) is 10.9 Å². The largest absolute Gasteiger partial charge is 0.331 e. The van der Waals surface area contributed by atoms with Gasteiger partial charge in [-0.15, -0.1) is 0 Å². The predicted molar refractivity (Wildman–Crippen MR) is 56.1 cm³/mol. The van der Waals surface area contributed by atoms with Gasteiger partial charge >= 0.3 is 0 Å². The molecule has 0 amide bonds. The van der Waals surface area contributed by atoms with Gasteiger partial charge in [0.25, 0.3) is 0 Å². The lowest BCUT2D eigenvalue weighted by atomic mass is 10.2. The van der Waals surface area contributed by atoms with E-state index in [0.29, 0.717) is 6.61 Å². The second kappa shape index (κ2) is 4.21. The number of nitrogens with zero attached hydrogens (tertiary/aromatic N) is 2. The zero-order valence-corrected chi connectivity index (χ0v) is 7.89. The van der Waals surface area contributed by atoms with Gasteiger partial charge in [0.2, 0.25) is 0 Å². The number of aliphatic imine (C=N–C) groups is 1. The minimum atomic E-state index is 0.431. The molecule has 0 fully saturated rings. The number of para-hydroxylation sites is 1. The summed E-state index contributed by atoms with van der Waals surface area (Å²) in [6, 6.07) is 8.03. The first-order valence-electron chi connectivity index (χ1n) is 4.58. The number of benzene rings is 1. The van der Waals surface area contributed by atoms with Crippen LogP contribution in [0.5, 0.6) is 0 Å². The van der Waals surface area contributed by atoms with E-state index >= 15 is 0 Å². The highest BCUT2D eigenvalue weighted by Crippen LogP contribution is 2.20. The van der Waals surface area contributed by atoms with Gasteiger partial charge in [0.05, 0.1) is 19.5 Å². The van der Waals surface area contributed by atoms with Gasteiger partial charge in [0, 0.05) is 17.8 Å². The molecule has 2 N–H and O–H groups in total. The maximum atomic E-state index is 5.08. The van der Waals surface area contributed by atoms with E-state index in [1.165, 1.54) is 0 Å². The molecule has 2 rings (SSSR count). The Morgan fingerprint density at radius 2 is 2.29 bits per heavy atom. The van der Waals surface area contributed by atoms with E-state index in [-0.39, 0.29) is 0 Å². The molecule has 0 radical (unpaired) electrons. The van der Waals surface area contributed by atoms with E-state index in [1.807, 2.05) is 30.6 Å². The van der Waals surface area contributed by atoms with Gasteiger partial charge in [-0.3, -0.25) is 9.83 Å². The van der Waals surface area contributed by atoms with E-state index < -0.39 is 0 Å². The highest BCUT2D eigenvalue weighted by Gasteiger charge is 2.11. The third-order valence-electron chi connectivity index (χ3n) is 2.23. The summed E-state index contributed by atoms with van der Waals surface area (Å²) in [4.78, 5) is 10.9. The molecular formula is C10H13N3O. The highest BCUT2D eigenvalue weighted by atomic mass is 16.6. The molecule has 4 nitrogen and oxygen atoms in total. The summed E-state index contributed by atoms with van der Waals surface area (Å²) >= 11 is 0. The summed E-state index contributed by atoms with van der Waals surface area (Å²) in [5.74, 6) is 5.08. The summed E-state index contributed by atoms with van der Waals surface area (Å²) in [5, 5.41) is 0. The van der Waals surface area contributed by atoms with Crippen molar-refractivity contribution >= 4 is 12.0 Å². The van der Waals surface area contributed by atoms with Crippen molar-refractivity contribution in [1.82, 2.24) is 0 Å². The number of anilines is 1. The molecule has 1 aliphatic heterocycles. The van der Waals surface area contributed by atoms with Gasteiger partial charge in [-0.25, -0.2) is 5.90 Å². The molecule has 1 aromatic carbocycles. The average molecular weight is 191 g/mol. The Bertz CT molecular complexity index is 338. The predicted octanol–water partition coefficient (Wildman–Crippen LogP) is 0.925. The molecule has 0 saturated heterocycles. The van der Waals surface area contributed by atoms with Gasteiger partial charge in [0.1, 0.15) is 0 Å². The van der Waals surface area contributed by atoms with Crippen LogP contribution in [-0.2, 0) is 11.4 Å². The zero-order chi connectivity index (χ0) is 9.80. The SMILES string of the molecule is NOCc1ccccc1N1C=NCC1. The second-order valence-corrected chi connectivity index (χ2v) is 3.15. The van der Waals surface area contributed by atoms with Gasteiger partial charge in [0.15, 0.2) is 0 Å². The molecule has 1 aromatic rings.